The van der Waals surface area contributed by atoms with Crippen LogP contribution in [-0.2, 0) is 11.3 Å². The third-order valence-corrected chi connectivity index (χ3v) is 4.99. The Balaban J connectivity index is 1.75. The Morgan fingerprint density at radius 1 is 1.33 bits per heavy atom. The molecular weight excluding hydrogens is 264 g/mol. The first kappa shape index (κ1) is 14.6. The maximum Gasteiger partial charge on any atom is 0.240 e. The Labute approximate surface area is 126 Å². The number of rotatable bonds is 4. The summed E-state index contributed by atoms with van der Waals surface area (Å²) in [4.78, 5) is 15.1. The summed E-state index contributed by atoms with van der Waals surface area (Å²) in [5, 5.41) is 3.43. The molecule has 2 unspecified atom stereocenters. The topological polar surface area (TPSA) is 45.5 Å². The number of hydrogen-bond acceptors (Lipinski definition) is 3. The third kappa shape index (κ3) is 3.31. The number of nitrogens with one attached hydrogen (secondary N) is 1. The molecule has 1 saturated heterocycles. The zero-order chi connectivity index (χ0) is 14.7. The molecule has 3 rings (SSSR count). The van der Waals surface area contributed by atoms with Crippen LogP contribution in [0.3, 0.4) is 0 Å². The number of hydrogen-bond donors (Lipinski definition) is 1. The van der Waals surface area contributed by atoms with Crippen LogP contribution in [0.4, 0.5) is 0 Å². The Hall–Kier alpha value is -1.29. The summed E-state index contributed by atoms with van der Waals surface area (Å²) in [6, 6.07) is 4.23. The van der Waals surface area contributed by atoms with Gasteiger partial charge in [0.1, 0.15) is 5.76 Å². The SMILES string of the molecule is CC1CCCNC1C(=O)N(Cc1ccco1)C1CCCC1. The van der Waals surface area contributed by atoms with Crippen molar-refractivity contribution in [1.82, 2.24) is 10.2 Å². The molecule has 21 heavy (non-hydrogen) atoms. The van der Waals surface area contributed by atoms with E-state index in [4.69, 9.17) is 4.42 Å². The van der Waals surface area contributed by atoms with Crippen molar-refractivity contribution in [2.24, 2.45) is 5.92 Å². The molecule has 4 heteroatoms. The van der Waals surface area contributed by atoms with Crippen molar-refractivity contribution < 1.29 is 9.21 Å². The quantitative estimate of drug-likeness (QED) is 0.927. The monoisotopic (exact) mass is 290 g/mol. The van der Waals surface area contributed by atoms with Crippen LogP contribution in [0.1, 0.15) is 51.2 Å². The molecule has 2 heterocycles. The summed E-state index contributed by atoms with van der Waals surface area (Å²) in [6.45, 7) is 3.76. The van der Waals surface area contributed by atoms with Gasteiger partial charge in [0.05, 0.1) is 18.8 Å². The van der Waals surface area contributed by atoms with Crippen LogP contribution in [0.5, 0.6) is 0 Å². The molecule has 4 nitrogen and oxygen atoms in total. The van der Waals surface area contributed by atoms with Crippen LogP contribution < -0.4 is 5.32 Å². The van der Waals surface area contributed by atoms with Crippen molar-refractivity contribution in [2.75, 3.05) is 6.54 Å². The fourth-order valence-electron chi connectivity index (χ4n) is 3.73. The van der Waals surface area contributed by atoms with Gasteiger partial charge < -0.3 is 14.6 Å². The second kappa shape index (κ2) is 6.65. The lowest BCUT2D eigenvalue weighted by Gasteiger charge is -2.36. The van der Waals surface area contributed by atoms with Gasteiger partial charge in [-0.25, -0.2) is 0 Å². The van der Waals surface area contributed by atoms with Crippen molar-refractivity contribution >= 4 is 5.91 Å². The molecule has 1 N–H and O–H groups in total. The number of carbonyl (C=O) groups is 1. The highest BCUT2D eigenvalue weighted by atomic mass is 16.3. The van der Waals surface area contributed by atoms with E-state index in [1.54, 1.807) is 6.26 Å². The smallest absolute Gasteiger partial charge is 0.240 e. The first-order valence-electron chi connectivity index (χ1n) is 8.32. The first-order valence-corrected chi connectivity index (χ1v) is 8.32. The number of amides is 1. The third-order valence-electron chi connectivity index (χ3n) is 4.99. The number of furan rings is 1. The zero-order valence-electron chi connectivity index (χ0n) is 12.9. The molecule has 0 spiro atoms. The molecule has 0 radical (unpaired) electrons. The minimum atomic E-state index is -0.0192. The Kier molecular flexibility index (Phi) is 4.63. The van der Waals surface area contributed by atoms with Crippen LogP contribution in [0.2, 0.25) is 0 Å². The molecule has 1 aromatic rings. The van der Waals surface area contributed by atoms with Crippen LogP contribution in [-0.4, -0.2) is 29.4 Å². The van der Waals surface area contributed by atoms with Crippen LogP contribution in [0.15, 0.2) is 22.8 Å². The summed E-state index contributed by atoms with van der Waals surface area (Å²) < 4.78 is 5.47. The van der Waals surface area contributed by atoms with Gasteiger partial charge in [0.25, 0.3) is 0 Å². The minimum absolute atomic E-state index is 0.0192. The van der Waals surface area contributed by atoms with Crippen molar-refractivity contribution in [3.8, 4) is 0 Å². The molecule has 1 aromatic heterocycles. The fourth-order valence-corrected chi connectivity index (χ4v) is 3.73. The molecule has 2 aliphatic rings. The molecule has 1 saturated carbocycles. The van der Waals surface area contributed by atoms with Gasteiger partial charge in [-0.05, 0) is 50.3 Å². The van der Waals surface area contributed by atoms with E-state index in [0.29, 0.717) is 18.5 Å². The van der Waals surface area contributed by atoms with Gasteiger partial charge in [0, 0.05) is 6.04 Å². The molecule has 1 aliphatic heterocycles. The summed E-state index contributed by atoms with van der Waals surface area (Å²) in [7, 11) is 0. The van der Waals surface area contributed by atoms with Crippen LogP contribution in [0, 0.1) is 5.92 Å². The standard InChI is InChI=1S/C17H26N2O2/c1-13-6-4-10-18-16(13)17(20)19(14-7-2-3-8-14)12-15-9-5-11-21-15/h5,9,11,13-14,16,18H,2-4,6-8,10,12H2,1H3. The summed E-state index contributed by atoms with van der Waals surface area (Å²) in [5.74, 6) is 1.58. The van der Waals surface area contributed by atoms with Gasteiger partial charge in [-0.2, -0.15) is 0 Å². The summed E-state index contributed by atoms with van der Waals surface area (Å²) >= 11 is 0. The van der Waals surface area contributed by atoms with E-state index >= 15 is 0 Å². The lowest BCUT2D eigenvalue weighted by atomic mass is 9.91. The maximum absolute atomic E-state index is 13.0. The lowest BCUT2D eigenvalue weighted by molar-refractivity contribution is -0.138. The molecule has 1 amide bonds. The Morgan fingerprint density at radius 3 is 2.81 bits per heavy atom. The molecule has 2 atom stereocenters. The molecule has 116 valence electrons. The van der Waals surface area contributed by atoms with E-state index in [9.17, 15) is 4.79 Å². The average Bonchev–Trinajstić information content (AvgIpc) is 3.18. The van der Waals surface area contributed by atoms with Crippen molar-refractivity contribution in [3.05, 3.63) is 24.2 Å². The zero-order valence-corrected chi connectivity index (χ0v) is 12.9. The van der Waals surface area contributed by atoms with Gasteiger partial charge in [-0.3, -0.25) is 4.79 Å². The molecule has 1 aliphatic carbocycles. The highest BCUT2D eigenvalue weighted by molar-refractivity contribution is 5.82. The Bertz CT molecular complexity index is 451. The van der Waals surface area contributed by atoms with Crippen molar-refractivity contribution in [2.45, 2.75) is 64.1 Å². The molecule has 0 bridgehead atoms. The average molecular weight is 290 g/mol. The predicted octanol–water partition coefficient (Wildman–Crippen LogP) is 2.94. The Morgan fingerprint density at radius 2 is 2.14 bits per heavy atom. The number of nitrogens with zero attached hydrogens (tertiary/aromatic N) is 1. The molecule has 2 fully saturated rings. The number of piperidine rings is 1. The van der Waals surface area contributed by atoms with E-state index in [2.05, 4.69) is 17.1 Å². The van der Waals surface area contributed by atoms with E-state index in [-0.39, 0.29) is 11.9 Å². The van der Waals surface area contributed by atoms with Crippen molar-refractivity contribution in [1.29, 1.82) is 0 Å². The highest BCUT2D eigenvalue weighted by Gasteiger charge is 2.35. The van der Waals surface area contributed by atoms with E-state index in [1.807, 2.05) is 12.1 Å². The normalized spacial score (nSPS) is 26.9. The van der Waals surface area contributed by atoms with Crippen LogP contribution >= 0.6 is 0 Å². The van der Waals surface area contributed by atoms with E-state index in [1.165, 1.54) is 19.3 Å². The van der Waals surface area contributed by atoms with Gasteiger partial charge in [0.2, 0.25) is 5.91 Å². The highest BCUT2D eigenvalue weighted by Crippen LogP contribution is 2.27. The second-order valence-electron chi connectivity index (χ2n) is 6.54. The van der Waals surface area contributed by atoms with Gasteiger partial charge in [0.15, 0.2) is 0 Å². The van der Waals surface area contributed by atoms with Crippen molar-refractivity contribution in [3.63, 3.8) is 0 Å². The fraction of sp³-hybridized carbons (Fsp3) is 0.706. The van der Waals surface area contributed by atoms with E-state index < -0.39 is 0 Å². The predicted molar refractivity (Wildman–Crippen MR) is 81.7 cm³/mol. The molecular formula is C17H26N2O2. The van der Waals surface area contributed by atoms with Gasteiger partial charge in [-0.1, -0.05) is 19.8 Å². The minimum Gasteiger partial charge on any atom is -0.467 e. The van der Waals surface area contributed by atoms with E-state index in [0.717, 1.165) is 31.6 Å². The summed E-state index contributed by atoms with van der Waals surface area (Å²) in [6.07, 6.45) is 8.74. The van der Waals surface area contributed by atoms with Gasteiger partial charge in [-0.15, -0.1) is 0 Å². The van der Waals surface area contributed by atoms with Gasteiger partial charge >= 0.3 is 0 Å². The lowest BCUT2D eigenvalue weighted by Crippen LogP contribution is -2.54. The largest absolute Gasteiger partial charge is 0.467 e. The number of carbonyl (C=O) groups excluding carboxylic acids is 1. The summed E-state index contributed by atoms with van der Waals surface area (Å²) in [5.41, 5.74) is 0. The first-order chi connectivity index (χ1) is 10.3. The maximum atomic E-state index is 13.0. The van der Waals surface area contributed by atoms with Crippen LogP contribution in [0.25, 0.3) is 0 Å². The second-order valence-corrected chi connectivity index (χ2v) is 6.54. The molecule has 0 aromatic carbocycles.